The van der Waals surface area contributed by atoms with Crippen LogP contribution in [0.15, 0.2) is 46.4 Å². The van der Waals surface area contributed by atoms with Gasteiger partial charge in [-0.2, -0.15) is 35.7 Å². The zero-order chi connectivity index (χ0) is 28.0. The molecular weight excluding hydrogens is 560 g/mol. The molecule has 0 saturated heterocycles. The summed E-state index contributed by atoms with van der Waals surface area (Å²) in [5.74, 6) is -4.74. The number of aromatic nitrogens is 4. The maximum atomic E-state index is 12.6. The number of sulfonamides is 1. The van der Waals surface area contributed by atoms with Gasteiger partial charge < -0.3 is 14.8 Å². The molecule has 0 aliphatic carbocycles. The molecule has 0 aromatic carbocycles. The van der Waals surface area contributed by atoms with Crippen LogP contribution in [0.1, 0.15) is 11.5 Å². The van der Waals surface area contributed by atoms with Gasteiger partial charge in [-0.1, -0.05) is 6.07 Å². The van der Waals surface area contributed by atoms with E-state index in [0.717, 1.165) is 11.5 Å². The third kappa shape index (κ3) is 8.29. The van der Waals surface area contributed by atoms with Gasteiger partial charge in [0.15, 0.2) is 0 Å². The molecule has 0 bridgehead atoms. The fraction of sp³-hybridized carbons (Fsp3) is 0.333. The molecule has 3 aromatic rings. The average Bonchev–Trinajstić information content (AvgIpc) is 3.56. The maximum Gasteiger partial charge on any atom is 0.490 e. The zero-order valence-corrected chi connectivity index (χ0v) is 19.9. The number of carboxylic acids is 2. The smallest absolute Gasteiger partial charge is 0.475 e. The standard InChI is InChI=1S/C14H15N5O2S2.2C2HF3O2/c20-23(21,14-3-1-8-22-14)18-6-7-19-12(9-15-13(19)11-18)10-17-5-2-4-16-17;2*3-2(4,5)1(6)7/h1-5,8-9H,6-7,10-11H2;2*(H,6,7). The summed E-state index contributed by atoms with van der Waals surface area (Å²) in [6.45, 7) is 2.00. The Labute approximate surface area is 208 Å². The summed E-state index contributed by atoms with van der Waals surface area (Å²) in [6, 6.07) is 5.28. The van der Waals surface area contributed by atoms with Crippen molar-refractivity contribution in [1.82, 2.24) is 23.6 Å². The van der Waals surface area contributed by atoms with Crippen molar-refractivity contribution in [3.63, 3.8) is 0 Å². The predicted octanol–water partition coefficient (Wildman–Crippen LogP) is 2.66. The highest BCUT2D eigenvalue weighted by molar-refractivity contribution is 7.91. The quantitative estimate of drug-likeness (QED) is 0.450. The highest BCUT2D eigenvalue weighted by Crippen LogP contribution is 2.25. The third-order valence-electron chi connectivity index (χ3n) is 4.37. The minimum absolute atomic E-state index is 0.305. The molecule has 3 aromatic heterocycles. The van der Waals surface area contributed by atoms with Gasteiger partial charge in [-0.05, 0) is 17.5 Å². The second kappa shape index (κ2) is 11.7. The molecule has 0 amide bonds. The number of carbonyl (C=O) groups is 2. The van der Waals surface area contributed by atoms with Crippen LogP contribution in [0.4, 0.5) is 26.3 Å². The zero-order valence-electron chi connectivity index (χ0n) is 18.2. The van der Waals surface area contributed by atoms with Crippen molar-refractivity contribution < 1.29 is 54.6 Å². The van der Waals surface area contributed by atoms with E-state index in [0.29, 0.717) is 30.4 Å². The van der Waals surface area contributed by atoms with Crippen LogP contribution in [-0.4, -0.2) is 73.1 Å². The number of rotatable bonds is 4. The van der Waals surface area contributed by atoms with E-state index in [-0.39, 0.29) is 0 Å². The summed E-state index contributed by atoms with van der Waals surface area (Å²) >= 11 is 1.24. The molecule has 11 nitrogen and oxygen atoms in total. The number of halogens is 6. The van der Waals surface area contributed by atoms with E-state index in [4.69, 9.17) is 19.8 Å². The second-order valence-electron chi connectivity index (χ2n) is 6.90. The minimum Gasteiger partial charge on any atom is -0.475 e. The number of hydrogen-bond acceptors (Lipinski definition) is 7. The van der Waals surface area contributed by atoms with Crippen LogP contribution >= 0.6 is 11.3 Å². The number of fused-ring (bicyclic) bond motifs is 1. The van der Waals surface area contributed by atoms with Crippen molar-refractivity contribution in [1.29, 1.82) is 0 Å². The molecule has 4 heterocycles. The SMILES string of the molecule is O=C(O)C(F)(F)F.O=C(O)C(F)(F)F.O=S(=O)(c1cccs1)N1CCn2c(Cn3cccn3)cnc2C1. The third-order valence-corrected chi connectivity index (χ3v) is 7.59. The lowest BCUT2D eigenvalue weighted by molar-refractivity contribution is -0.193. The number of thiophene rings is 1. The van der Waals surface area contributed by atoms with Crippen molar-refractivity contribution in [3.05, 3.63) is 53.7 Å². The molecule has 0 spiro atoms. The molecule has 0 unspecified atom stereocenters. The molecular formula is C18H17F6N5O6S2. The summed E-state index contributed by atoms with van der Waals surface area (Å²) in [5.41, 5.74) is 1.04. The van der Waals surface area contributed by atoms with Gasteiger partial charge in [0.25, 0.3) is 10.0 Å². The van der Waals surface area contributed by atoms with Crippen LogP contribution in [0, 0.1) is 0 Å². The molecule has 37 heavy (non-hydrogen) atoms. The first kappa shape index (κ1) is 29.8. The summed E-state index contributed by atoms with van der Waals surface area (Å²) < 4.78 is 94.5. The normalized spacial score (nSPS) is 14.0. The van der Waals surface area contributed by atoms with Gasteiger partial charge in [0.1, 0.15) is 10.0 Å². The summed E-state index contributed by atoms with van der Waals surface area (Å²) in [7, 11) is -3.42. The summed E-state index contributed by atoms with van der Waals surface area (Å²) in [6.07, 6.45) is -4.72. The van der Waals surface area contributed by atoms with Crippen LogP contribution in [-0.2, 0) is 39.2 Å². The lowest BCUT2D eigenvalue weighted by Crippen LogP contribution is -2.38. The van der Waals surface area contributed by atoms with E-state index >= 15 is 0 Å². The highest BCUT2D eigenvalue weighted by atomic mass is 32.2. The number of hydrogen-bond donors (Lipinski definition) is 2. The van der Waals surface area contributed by atoms with E-state index < -0.39 is 34.3 Å². The van der Waals surface area contributed by atoms with Gasteiger partial charge >= 0.3 is 24.3 Å². The molecule has 0 saturated carbocycles. The Bertz CT molecular complexity index is 1260. The number of nitrogens with zero attached hydrogens (tertiary/aromatic N) is 5. The van der Waals surface area contributed by atoms with Crippen molar-refractivity contribution >= 4 is 33.3 Å². The van der Waals surface area contributed by atoms with Crippen LogP contribution in [0.25, 0.3) is 0 Å². The van der Waals surface area contributed by atoms with Gasteiger partial charge in [-0.25, -0.2) is 23.0 Å². The molecule has 0 fully saturated rings. The van der Waals surface area contributed by atoms with E-state index in [1.54, 1.807) is 29.9 Å². The second-order valence-corrected chi connectivity index (χ2v) is 10.0. The van der Waals surface area contributed by atoms with Gasteiger partial charge in [-0.3, -0.25) is 4.68 Å². The Hall–Kier alpha value is -3.45. The first-order valence-electron chi connectivity index (χ1n) is 9.68. The molecule has 4 rings (SSSR count). The van der Waals surface area contributed by atoms with E-state index in [2.05, 4.69) is 14.6 Å². The Morgan fingerprint density at radius 2 is 1.62 bits per heavy atom. The first-order valence-corrected chi connectivity index (χ1v) is 12.0. The minimum atomic E-state index is -5.08. The van der Waals surface area contributed by atoms with Crippen LogP contribution in [0.3, 0.4) is 0 Å². The fourth-order valence-corrected chi connectivity index (χ4v) is 5.26. The van der Waals surface area contributed by atoms with Gasteiger partial charge in [0.05, 0.1) is 25.0 Å². The highest BCUT2D eigenvalue weighted by Gasteiger charge is 2.39. The molecule has 1 aliphatic rings. The largest absolute Gasteiger partial charge is 0.490 e. The molecule has 2 N–H and O–H groups in total. The monoisotopic (exact) mass is 577 g/mol. The van der Waals surface area contributed by atoms with E-state index in [9.17, 15) is 34.8 Å². The van der Waals surface area contributed by atoms with Crippen molar-refractivity contribution in [2.24, 2.45) is 0 Å². The van der Waals surface area contributed by atoms with Crippen LogP contribution < -0.4 is 0 Å². The molecule has 0 atom stereocenters. The summed E-state index contributed by atoms with van der Waals surface area (Å²) in [4.78, 5) is 22.2. The lowest BCUT2D eigenvalue weighted by atomic mass is 10.4. The molecule has 1 aliphatic heterocycles. The number of alkyl halides is 6. The number of carboxylic acid groups (broad SMARTS) is 2. The van der Waals surface area contributed by atoms with E-state index in [1.807, 2.05) is 16.9 Å². The van der Waals surface area contributed by atoms with Crippen molar-refractivity contribution in [2.45, 2.75) is 36.2 Å². The van der Waals surface area contributed by atoms with Gasteiger partial charge in [-0.15, -0.1) is 11.3 Å². The summed E-state index contributed by atoms with van der Waals surface area (Å²) in [5, 5.41) is 20.2. The van der Waals surface area contributed by atoms with Crippen LogP contribution in [0.5, 0.6) is 0 Å². The first-order chi connectivity index (χ1) is 17.0. The molecule has 0 radical (unpaired) electrons. The Morgan fingerprint density at radius 1 is 1.03 bits per heavy atom. The fourth-order valence-electron chi connectivity index (χ4n) is 2.73. The van der Waals surface area contributed by atoms with Crippen molar-refractivity contribution in [3.8, 4) is 0 Å². The predicted molar refractivity (Wildman–Crippen MR) is 113 cm³/mol. The maximum absolute atomic E-state index is 12.6. The van der Waals surface area contributed by atoms with Gasteiger partial charge in [0.2, 0.25) is 0 Å². The van der Waals surface area contributed by atoms with Crippen molar-refractivity contribution in [2.75, 3.05) is 6.54 Å². The Morgan fingerprint density at radius 3 is 2.08 bits per heavy atom. The molecule has 204 valence electrons. The Kier molecular flexibility index (Phi) is 9.44. The van der Waals surface area contributed by atoms with Crippen LogP contribution in [0.2, 0.25) is 0 Å². The number of aliphatic carboxylic acids is 2. The lowest BCUT2D eigenvalue weighted by Gasteiger charge is -2.27. The van der Waals surface area contributed by atoms with Gasteiger partial charge in [0, 0.05) is 25.5 Å². The molecule has 19 heteroatoms. The topological polar surface area (TPSA) is 148 Å². The Balaban J connectivity index is 0.000000286. The average molecular weight is 577 g/mol. The number of imidazole rings is 1. The van der Waals surface area contributed by atoms with E-state index in [1.165, 1.54) is 15.6 Å².